The number of ether oxygens (including phenoxy) is 2. The second kappa shape index (κ2) is 11.2. The molecule has 0 saturated carbocycles. The fourth-order valence-corrected chi connectivity index (χ4v) is 4.30. The first-order valence-electron chi connectivity index (χ1n) is 11.9. The molecule has 0 radical (unpaired) electrons. The number of nitrogens with one attached hydrogen (secondary N) is 1. The predicted octanol–water partition coefficient (Wildman–Crippen LogP) is 4.08. The van der Waals surface area contributed by atoms with Crippen LogP contribution in [0.1, 0.15) is 39.0 Å². The molecule has 0 bridgehead atoms. The van der Waals surface area contributed by atoms with E-state index in [0.717, 1.165) is 31.1 Å². The van der Waals surface area contributed by atoms with Crippen LogP contribution in [0.25, 0.3) is 0 Å². The molecule has 176 valence electrons. The van der Waals surface area contributed by atoms with E-state index in [0.29, 0.717) is 37.4 Å². The standard InChI is InChI=1S/C26H33N3O4/c1-20-26(31)29(17-16-28-14-6-3-7-15-28)23-19-21(12-13-24(23)33-20)27-25(30)11-8-18-32-22-9-4-2-5-10-22/h2,4-5,9-10,12-13,19-20H,3,6-8,11,14-18H2,1H3,(H,27,30). The van der Waals surface area contributed by atoms with Crippen LogP contribution in [0.5, 0.6) is 11.5 Å². The highest BCUT2D eigenvalue weighted by Gasteiger charge is 2.32. The maximum Gasteiger partial charge on any atom is 0.267 e. The Labute approximate surface area is 195 Å². The first kappa shape index (κ1) is 23.1. The van der Waals surface area contributed by atoms with Gasteiger partial charge in [0.25, 0.3) is 5.91 Å². The second-order valence-electron chi connectivity index (χ2n) is 8.65. The molecule has 1 saturated heterocycles. The van der Waals surface area contributed by atoms with Gasteiger partial charge in [-0.1, -0.05) is 24.6 Å². The zero-order chi connectivity index (χ0) is 23.0. The van der Waals surface area contributed by atoms with Crippen molar-refractivity contribution in [3.63, 3.8) is 0 Å². The minimum absolute atomic E-state index is 0.0407. The van der Waals surface area contributed by atoms with Crippen LogP contribution < -0.4 is 19.7 Å². The lowest BCUT2D eigenvalue weighted by Gasteiger charge is -2.35. The Morgan fingerprint density at radius 2 is 1.88 bits per heavy atom. The van der Waals surface area contributed by atoms with E-state index in [2.05, 4.69) is 10.2 Å². The lowest BCUT2D eigenvalue weighted by molar-refractivity contribution is -0.125. The van der Waals surface area contributed by atoms with Crippen LogP contribution in [0.2, 0.25) is 0 Å². The molecule has 2 aliphatic rings. The van der Waals surface area contributed by atoms with Crippen LogP contribution in [-0.2, 0) is 9.59 Å². The second-order valence-corrected chi connectivity index (χ2v) is 8.65. The van der Waals surface area contributed by atoms with E-state index < -0.39 is 6.10 Å². The first-order chi connectivity index (χ1) is 16.1. The SMILES string of the molecule is CC1Oc2ccc(NC(=O)CCCOc3ccccc3)cc2N(CCN2CCCCC2)C1=O. The average Bonchev–Trinajstić information content (AvgIpc) is 2.84. The van der Waals surface area contributed by atoms with E-state index in [4.69, 9.17) is 9.47 Å². The number of rotatable bonds is 9. The molecule has 7 heteroatoms. The van der Waals surface area contributed by atoms with Gasteiger partial charge in [-0.3, -0.25) is 9.59 Å². The Balaban J connectivity index is 1.33. The number of likely N-dealkylation sites (tertiary alicyclic amines) is 1. The summed E-state index contributed by atoms with van der Waals surface area (Å²) in [4.78, 5) is 29.5. The summed E-state index contributed by atoms with van der Waals surface area (Å²) in [5, 5.41) is 2.94. The summed E-state index contributed by atoms with van der Waals surface area (Å²) in [6.45, 7) is 5.90. The first-order valence-corrected chi connectivity index (χ1v) is 11.9. The summed E-state index contributed by atoms with van der Waals surface area (Å²) in [5.74, 6) is 1.36. The minimum atomic E-state index is -0.510. The summed E-state index contributed by atoms with van der Waals surface area (Å²) in [5.41, 5.74) is 1.39. The summed E-state index contributed by atoms with van der Waals surface area (Å²) in [6.07, 6.45) is 4.19. The van der Waals surface area contributed by atoms with E-state index in [1.165, 1.54) is 19.3 Å². The van der Waals surface area contributed by atoms with Crippen LogP contribution in [0.4, 0.5) is 11.4 Å². The highest BCUT2D eigenvalue weighted by atomic mass is 16.5. The molecule has 33 heavy (non-hydrogen) atoms. The lowest BCUT2D eigenvalue weighted by atomic mass is 10.1. The maximum absolute atomic E-state index is 12.9. The fourth-order valence-electron chi connectivity index (χ4n) is 4.30. The van der Waals surface area contributed by atoms with Crippen molar-refractivity contribution < 1.29 is 19.1 Å². The molecule has 0 spiro atoms. The average molecular weight is 452 g/mol. The van der Waals surface area contributed by atoms with Crippen LogP contribution in [0.15, 0.2) is 48.5 Å². The topological polar surface area (TPSA) is 71.1 Å². The van der Waals surface area contributed by atoms with E-state index >= 15 is 0 Å². The van der Waals surface area contributed by atoms with Gasteiger partial charge in [0.15, 0.2) is 6.10 Å². The Morgan fingerprint density at radius 3 is 2.67 bits per heavy atom. The number of fused-ring (bicyclic) bond motifs is 1. The molecule has 4 rings (SSSR count). The quantitative estimate of drug-likeness (QED) is 0.582. The van der Waals surface area contributed by atoms with Crippen LogP contribution in [-0.4, -0.2) is 55.6 Å². The van der Waals surface area contributed by atoms with Gasteiger partial charge in [-0.2, -0.15) is 0 Å². The van der Waals surface area contributed by atoms with Gasteiger partial charge in [-0.25, -0.2) is 0 Å². The molecule has 2 aromatic rings. The summed E-state index contributed by atoms with van der Waals surface area (Å²) in [7, 11) is 0. The number of anilines is 2. The maximum atomic E-state index is 12.9. The molecular weight excluding hydrogens is 418 g/mol. The van der Waals surface area contributed by atoms with Crippen molar-refractivity contribution in [2.45, 2.75) is 45.1 Å². The normalized spacial score (nSPS) is 18.4. The molecule has 1 unspecified atom stereocenters. The number of nitrogens with zero attached hydrogens (tertiary/aromatic N) is 2. The smallest absolute Gasteiger partial charge is 0.267 e. The van der Waals surface area contributed by atoms with Crippen molar-refractivity contribution in [2.75, 3.05) is 43.0 Å². The molecular formula is C26H33N3O4. The Kier molecular flexibility index (Phi) is 7.83. The fraction of sp³-hybridized carbons (Fsp3) is 0.462. The zero-order valence-corrected chi connectivity index (χ0v) is 19.3. The van der Waals surface area contributed by atoms with Gasteiger partial charge in [0.2, 0.25) is 5.91 Å². The van der Waals surface area contributed by atoms with E-state index in [9.17, 15) is 9.59 Å². The summed E-state index contributed by atoms with van der Waals surface area (Å²) in [6, 6.07) is 15.1. The monoisotopic (exact) mass is 451 g/mol. The van der Waals surface area contributed by atoms with Gasteiger partial charge in [-0.15, -0.1) is 0 Å². The third-order valence-corrected chi connectivity index (χ3v) is 6.10. The Hall–Kier alpha value is -3.06. The number of hydrogen-bond acceptors (Lipinski definition) is 5. The number of hydrogen-bond donors (Lipinski definition) is 1. The molecule has 0 aromatic heterocycles. The van der Waals surface area contributed by atoms with Crippen LogP contribution in [0, 0.1) is 0 Å². The third kappa shape index (κ3) is 6.26. The van der Waals surface area contributed by atoms with Crippen molar-refractivity contribution in [1.29, 1.82) is 0 Å². The molecule has 2 aromatic carbocycles. The van der Waals surface area contributed by atoms with Gasteiger partial charge in [0, 0.05) is 25.2 Å². The van der Waals surface area contributed by atoms with Crippen molar-refractivity contribution >= 4 is 23.2 Å². The number of benzene rings is 2. The zero-order valence-electron chi connectivity index (χ0n) is 19.3. The number of para-hydroxylation sites is 1. The molecule has 1 N–H and O–H groups in total. The van der Waals surface area contributed by atoms with Crippen molar-refractivity contribution in [1.82, 2.24) is 4.90 Å². The largest absolute Gasteiger partial charge is 0.494 e. The number of carbonyl (C=O) groups excluding carboxylic acids is 2. The number of amides is 2. The van der Waals surface area contributed by atoms with Gasteiger partial charge < -0.3 is 24.6 Å². The Morgan fingerprint density at radius 1 is 1.09 bits per heavy atom. The number of carbonyl (C=O) groups is 2. The molecule has 2 amide bonds. The molecule has 0 aliphatic carbocycles. The van der Waals surface area contributed by atoms with Gasteiger partial charge in [0.05, 0.1) is 12.3 Å². The molecule has 1 fully saturated rings. The van der Waals surface area contributed by atoms with E-state index in [1.54, 1.807) is 6.92 Å². The molecule has 1 atom stereocenters. The molecule has 2 heterocycles. The highest BCUT2D eigenvalue weighted by Crippen LogP contribution is 2.36. The van der Waals surface area contributed by atoms with Gasteiger partial charge in [0.1, 0.15) is 11.5 Å². The van der Waals surface area contributed by atoms with Crippen molar-refractivity contribution in [3.8, 4) is 11.5 Å². The molecule has 7 nitrogen and oxygen atoms in total. The summed E-state index contributed by atoms with van der Waals surface area (Å²) >= 11 is 0. The minimum Gasteiger partial charge on any atom is -0.494 e. The van der Waals surface area contributed by atoms with E-state index in [1.807, 2.05) is 53.4 Å². The highest BCUT2D eigenvalue weighted by molar-refractivity contribution is 6.01. The summed E-state index contributed by atoms with van der Waals surface area (Å²) < 4.78 is 11.5. The predicted molar refractivity (Wildman–Crippen MR) is 129 cm³/mol. The van der Waals surface area contributed by atoms with Crippen molar-refractivity contribution in [2.24, 2.45) is 0 Å². The van der Waals surface area contributed by atoms with Crippen LogP contribution in [0.3, 0.4) is 0 Å². The molecule has 2 aliphatic heterocycles. The van der Waals surface area contributed by atoms with Gasteiger partial charge >= 0.3 is 0 Å². The Bertz CT molecular complexity index is 944. The van der Waals surface area contributed by atoms with Gasteiger partial charge in [-0.05, 0) is 69.6 Å². The van der Waals surface area contributed by atoms with E-state index in [-0.39, 0.29) is 11.8 Å². The number of piperidine rings is 1. The van der Waals surface area contributed by atoms with Crippen LogP contribution >= 0.6 is 0 Å². The lowest BCUT2D eigenvalue weighted by Crippen LogP contribution is -2.48. The third-order valence-electron chi connectivity index (χ3n) is 6.10. The van der Waals surface area contributed by atoms with Crippen molar-refractivity contribution in [3.05, 3.63) is 48.5 Å².